The average Bonchev–Trinajstić information content (AvgIpc) is 3.24. The maximum Gasteiger partial charge on any atom is 0.170 e. The Bertz CT molecular complexity index is 1090. The number of hydrogen-bond donors (Lipinski definition) is 1. The summed E-state index contributed by atoms with van der Waals surface area (Å²) in [5.74, 6) is 0.952. The van der Waals surface area contributed by atoms with E-state index in [2.05, 4.69) is 82.7 Å². The van der Waals surface area contributed by atoms with Crippen LogP contribution in [-0.4, -0.2) is 56.6 Å². The van der Waals surface area contributed by atoms with Gasteiger partial charge in [0.1, 0.15) is 5.82 Å². The Balaban J connectivity index is 1.77. The molecule has 0 radical (unpaired) electrons. The van der Waals surface area contributed by atoms with Crippen LogP contribution in [0.3, 0.4) is 0 Å². The van der Waals surface area contributed by atoms with Gasteiger partial charge in [0.25, 0.3) is 0 Å². The molecule has 1 N–H and O–H groups in total. The van der Waals surface area contributed by atoms with E-state index >= 15 is 0 Å². The van der Waals surface area contributed by atoms with Crippen LogP contribution >= 0.6 is 12.2 Å². The highest BCUT2D eigenvalue weighted by atomic mass is 32.1. The summed E-state index contributed by atoms with van der Waals surface area (Å²) < 4.78 is 2.25. The second-order valence-electron chi connectivity index (χ2n) is 8.83. The minimum Gasteiger partial charge on any atom is -0.352 e. The molecule has 0 spiro atoms. The molecule has 32 heavy (non-hydrogen) atoms. The summed E-state index contributed by atoms with van der Waals surface area (Å²) in [6, 6.07) is 12.6. The number of nitrogens with zero attached hydrogens (tertiary/aromatic N) is 5. The number of hydrogen-bond acceptors (Lipinski definition) is 4. The van der Waals surface area contributed by atoms with E-state index in [-0.39, 0.29) is 12.1 Å². The van der Waals surface area contributed by atoms with Crippen LogP contribution in [0, 0.1) is 20.8 Å². The van der Waals surface area contributed by atoms with Gasteiger partial charge < -0.3 is 19.7 Å². The molecule has 0 unspecified atom stereocenters. The van der Waals surface area contributed by atoms with Crippen LogP contribution in [0.5, 0.6) is 0 Å². The largest absolute Gasteiger partial charge is 0.352 e. The highest BCUT2D eigenvalue weighted by Gasteiger charge is 2.41. The molecule has 0 aliphatic carbocycles. The first kappa shape index (κ1) is 22.4. The van der Waals surface area contributed by atoms with Crippen molar-refractivity contribution in [2.45, 2.75) is 39.3 Å². The van der Waals surface area contributed by atoms with Crippen LogP contribution in [0.1, 0.15) is 46.7 Å². The fourth-order valence-corrected chi connectivity index (χ4v) is 4.96. The molecular weight excluding hydrogens is 416 g/mol. The minimum absolute atomic E-state index is 0.00229. The molecule has 1 aliphatic rings. The van der Waals surface area contributed by atoms with Gasteiger partial charge in [0.05, 0.1) is 17.8 Å². The zero-order valence-electron chi connectivity index (χ0n) is 19.5. The van der Waals surface area contributed by atoms with Gasteiger partial charge in [-0.2, -0.15) is 0 Å². The van der Waals surface area contributed by atoms with Crippen LogP contribution in [0.2, 0.25) is 0 Å². The van der Waals surface area contributed by atoms with Gasteiger partial charge in [0.15, 0.2) is 5.11 Å². The monoisotopic (exact) mass is 448 g/mol. The fraction of sp³-hybridized carbons (Fsp3) is 0.400. The molecule has 6 nitrogen and oxygen atoms in total. The maximum atomic E-state index is 5.82. The first-order valence-electron chi connectivity index (χ1n) is 11.1. The number of aryl methyl sites for hydroxylation is 2. The van der Waals surface area contributed by atoms with Crippen molar-refractivity contribution >= 4 is 17.3 Å². The molecule has 0 aromatic carbocycles. The van der Waals surface area contributed by atoms with Gasteiger partial charge in [0, 0.05) is 30.3 Å². The summed E-state index contributed by atoms with van der Waals surface area (Å²) in [7, 11) is 4.22. The van der Waals surface area contributed by atoms with Gasteiger partial charge in [-0.05, 0) is 102 Å². The summed E-state index contributed by atoms with van der Waals surface area (Å²) in [6.45, 7) is 8.34. The van der Waals surface area contributed by atoms with Crippen molar-refractivity contribution in [3.05, 3.63) is 77.0 Å². The number of nitrogens with one attached hydrogen (secondary N) is 1. The Morgan fingerprint density at radius 3 is 2.56 bits per heavy atom. The molecule has 7 heteroatoms. The van der Waals surface area contributed by atoms with E-state index in [0.717, 1.165) is 36.1 Å². The quantitative estimate of drug-likeness (QED) is 0.549. The van der Waals surface area contributed by atoms with E-state index in [1.165, 1.54) is 22.5 Å². The molecule has 2 atom stereocenters. The van der Waals surface area contributed by atoms with Gasteiger partial charge in [-0.25, -0.2) is 4.98 Å². The number of aromatic nitrogens is 3. The molecule has 4 heterocycles. The Hall–Kier alpha value is -2.77. The Kier molecular flexibility index (Phi) is 6.58. The highest BCUT2D eigenvalue weighted by molar-refractivity contribution is 7.80. The Morgan fingerprint density at radius 1 is 1.06 bits per heavy atom. The second kappa shape index (κ2) is 9.38. The molecule has 1 aliphatic heterocycles. The second-order valence-corrected chi connectivity index (χ2v) is 9.22. The number of pyridine rings is 2. The average molecular weight is 449 g/mol. The predicted octanol–water partition coefficient (Wildman–Crippen LogP) is 4.12. The SMILES string of the molecule is Cc1ccnc(-n2c(C)cc([C@H]3[C@@H](c4ccccn4)NC(=S)N3CCCN(C)C)c2C)c1. The van der Waals surface area contributed by atoms with Crippen molar-refractivity contribution in [2.24, 2.45) is 0 Å². The predicted molar refractivity (Wildman–Crippen MR) is 133 cm³/mol. The zero-order valence-corrected chi connectivity index (χ0v) is 20.4. The van der Waals surface area contributed by atoms with E-state index in [1.54, 1.807) is 0 Å². The smallest absolute Gasteiger partial charge is 0.170 e. The number of thiocarbonyl (C=S) groups is 1. The first-order chi connectivity index (χ1) is 15.4. The van der Waals surface area contributed by atoms with Crippen LogP contribution in [0.25, 0.3) is 5.82 Å². The van der Waals surface area contributed by atoms with Crippen LogP contribution in [0.15, 0.2) is 48.8 Å². The van der Waals surface area contributed by atoms with E-state index in [0.29, 0.717) is 0 Å². The molecule has 1 fully saturated rings. The highest BCUT2D eigenvalue weighted by Crippen LogP contribution is 2.41. The van der Waals surface area contributed by atoms with Crippen molar-refractivity contribution < 1.29 is 0 Å². The van der Waals surface area contributed by atoms with Crippen molar-refractivity contribution in [2.75, 3.05) is 27.2 Å². The minimum atomic E-state index is 0.00229. The van der Waals surface area contributed by atoms with Gasteiger partial charge in [0.2, 0.25) is 0 Å². The summed E-state index contributed by atoms with van der Waals surface area (Å²) in [4.78, 5) is 13.9. The molecule has 3 aromatic heterocycles. The molecule has 1 saturated heterocycles. The lowest BCUT2D eigenvalue weighted by Gasteiger charge is -2.28. The summed E-state index contributed by atoms with van der Waals surface area (Å²) >= 11 is 5.82. The molecular formula is C25H32N6S. The van der Waals surface area contributed by atoms with Gasteiger partial charge in [-0.15, -0.1) is 0 Å². The van der Waals surface area contributed by atoms with Gasteiger partial charge >= 0.3 is 0 Å². The molecule has 4 rings (SSSR count). The molecule has 0 bridgehead atoms. The summed E-state index contributed by atoms with van der Waals surface area (Å²) in [5, 5.41) is 4.36. The van der Waals surface area contributed by atoms with Gasteiger partial charge in [-0.1, -0.05) is 6.07 Å². The zero-order chi connectivity index (χ0) is 22.8. The van der Waals surface area contributed by atoms with E-state index in [4.69, 9.17) is 12.2 Å². The fourth-order valence-electron chi connectivity index (χ4n) is 4.62. The molecule has 3 aromatic rings. The molecule has 168 valence electrons. The lowest BCUT2D eigenvalue weighted by atomic mass is 9.96. The van der Waals surface area contributed by atoms with Crippen molar-refractivity contribution in [3.8, 4) is 5.82 Å². The number of rotatable bonds is 7. The lowest BCUT2D eigenvalue weighted by molar-refractivity contribution is 0.292. The topological polar surface area (TPSA) is 49.2 Å². The third-order valence-electron chi connectivity index (χ3n) is 6.12. The van der Waals surface area contributed by atoms with Crippen LogP contribution in [-0.2, 0) is 0 Å². The third-order valence-corrected chi connectivity index (χ3v) is 6.47. The summed E-state index contributed by atoms with van der Waals surface area (Å²) in [5.41, 5.74) is 5.83. The molecule has 0 saturated carbocycles. The molecule has 0 amide bonds. The van der Waals surface area contributed by atoms with Crippen LogP contribution in [0.4, 0.5) is 0 Å². The maximum absolute atomic E-state index is 5.82. The first-order valence-corrected chi connectivity index (χ1v) is 11.5. The van der Waals surface area contributed by atoms with E-state index < -0.39 is 0 Å². The van der Waals surface area contributed by atoms with Crippen LogP contribution < -0.4 is 5.32 Å². The third kappa shape index (κ3) is 4.40. The normalized spacial score (nSPS) is 18.4. The standard InChI is InChI=1S/C25H32N6S/c1-17-10-12-27-22(15-17)31-18(2)16-20(19(31)3)24-23(21-9-6-7-11-26-21)28-25(32)30(24)14-8-13-29(4)5/h6-7,9-12,15-16,23-24H,8,13-14H2,1-5H3,(H,28,32)/t23-,24+/m1/s1. The van der Waals surface area contributed by atoms with Gasteiger partial charge in [-0.3, -0.25) is 4.98 Å². The summed E-state index contributed by atoms with van der Waals surface area (Å²) in [6.07, 6.45) is 4.77. The van der Waals surface area contributed by atoms with Crippen molar-refractivity contribution in [1.29, 1.82) is 0 Å². The van der Waals surface area contributed by atoms with Crippen molar-refractivity contribution in [1.82, 2.24) is 29.7 Å². The Morgan fingerprint density at radius 2 is 1.88 bits per heavy atom. The van der Waals surface area contributed by atoms with Crippen molar-refractivity contribution in [3.63, 3.8) is 0 Å². The van der Waals surface area contributed by atoms with E-state index in [9.17, 15) is 0 Å². The lowest BCUT2D eigenvalue weighted by Crippen LogP contribution is -2.32. The Labute approximate surface area is 196 Å². The van der Waals surface area contributed by atoms with E-state index in [1.807, 2.05) is 30.6 Å².